The first-order valence-electron chi connectivity index (χ1n) is 9.90. The molecule has 0 aliphatic heterocycles. The molecule has 2 aromatic heterocycles. The molecule has 2 aromatic carbocycles. The van der Waals surface area contributed by atoms with Crippen molar-refractivity contribution in [1.82, 2.24) is 14.5 Å². The molecule has 33 heavy (non-hydrogen) atoms. The summed E-state index contributed by atoms with van der Waals surface area (Å²) in [6.45, 7) is -0.854. The summed E-state index contributed by atoms with van der Waals surface area (Å²) in [7, 11) is 3.19. The lowest BCUT2D eigenvalue weighted by molar-refractivity contribution is -0.199. The fourth-order valence-electron chi connectivity index (χ4n) is 3.42. The lowest BCUT2D eigenvalue weighted by Crippen LogP contribution is -2.39. The van der Waals surface area contributed by atoms with Crippen LogP contribution in [-0.2, 0) is 7.05 Å². The van der Waals surface area contributed by atoms with Crippen molar-refractivity contribution in [3.8, 4) is 17.0 Å². The summed E-state index contributed by atoms with van der Waals surface area (Å²) in [5.41, 5.74) is 2.75. The predicted molar refractivity (Wildman–Crippen MR) is 116 cm³/mol. The van der Waals surface area contributed by atoms with Crippen LogP contribution in [0, 0.1) is 5.82 Å². The second kappa shape index (κ2) is 8.70. The third-order valence-electron chi connectivity index (χ3n) is 5.10. The minimum absolute atomic E-state index is 0.0849. The average molecular weight is 460 g/mol. The molecule has 2 heterocycles. The Bertz CT molecular complexity index is 1290. The number of aliphatic hydroxyl groups excluding tert-OH is 1. The van der Waals surface area contributed by atoms with Crippen LogP contribution >= 0.6 is 0 Å². The SMILES string of the molecule is COc1cc(F)cc(N(C[C@H](O)C(F)(F)F)c2ccc3ncc(-c4ccn(C)c4)nc3c2)c1. The Labute approximate surface area is 186 Å². The maximum Gasteiger partial charge on any atom is 0.416 e. The molecule has 4 rings (SSSR count). The van der Waals surface area contributed by atoms with Gasteiger partial charge in [0.1, 0.15) is 11.6 Å². The molecule has 0 saturated heterocycles. The van der Waals surface area contributed by atoms with Gasteiger partial charge in [0.25, 0.3) is 0 Å². The quantitative estimate of drug-likeness (QED) is 0.417. The molecule has 0 fully saturated rings. The van der Waals surface area contributed by atoms with Gasteiger partial charge in [-0.3, -0.25) is 4.98 Å². The fraction of sp³-hybridized carbons (Fsp3) is 0.217. The van der Waals surface area contributed by atoms with E-state index in [2.05, 4.69) is 9.97 Å². The Balaban J connectivity index is 1.81. The zero-order valence-corrected chi connectivity index (χ0v) is 17.7. The number of benzene rings is 2. The molecule has 0 amide bonds. The molecule has 4 aromatic rings. The zero-order chi connectivity index (χ0) is 23.8. The van der Waals surface area contributed by atoms with E-state index in [0.717, 1.165) is 17.7 Å². The number of hydrogen-bond acceptors (Lipinski definition) is 5. The first kappa shape index (κ1) is 22.5. The molecular weight excluding hydrogens is 440 g/mol. The van der Waals surface area contributed by atoms with Crippen molar-refractivity contribution < 1.29 is 27.4 Å². The number of ether oxygens (including phenoxy) is 1. The number of nitrogens with zero attached hydrogens (tertiary/aromatic N) is 4. The van der Waals surface area contributed by atoms with Crippen LogP contribution in [0.5, 0.6) is 5.75 Å². The molecule has 0 bridgehead atoms. The van der Waals surface area contributed by atoms with Crippen LogP contribution in [0.2, 0.25) is 0 Å². The lowest BCUT2D eigenvalue weighted by Gasteiger charge is -2.28. The number of alkyl halides is 3. The van der Waals surface area contributed by atoms with E-state index in [1.165, 1.54) is 18.1 Å². The van der Waals surface area contributed by atoms with Crippen molar-refractivity contribution in [3.05, 3.63) is 66.9 Å². The van der Waals surface area contributed by atoms with Gasteiger partial charge in [-0.05, 0) is 30.3 Å². The monoisotopic (exact) mass is 460 g/mol. The molecule has 0 aliphatic rings. The summed E-state index contributed by atoms with van der Waals surface area (Å²) in [4.78, 5) is 10.1. The fourth-order valence-corrected chi connectivity index (χ4v) is 3.42. The summed E-state index contributed by atoms with van der Waals surface area (Å²) < 4.78 is 60.5. The van der Waals surface area contributed by atoms with E-state index in [4.69, 9.17) is 4.74 Å². The summed E-state index contributed by atoms with van der Waals surface area (Å²) in [6.07, 6.45) is -2.18. The van der Waals surface area contributed by atoms with Crippen LogP contribution in [0.4, 0.5) is 28.9 Å². The summed E-state index contributed by atoms with van der Waals surface area (Å²) in [5, 5.41) is 9.76. The topological polar surface area (TPSA) is 63.4 Å². The minimum Gasteiger partial charge on any atom is -0.497 e. The van der Waals surface area contributed by atoms with E-state index in [1.807, 2.05) is 30.1 Å². The molecule has 1 atom stereocenters. The zero-order valence-electron chi connectivity index (χ0n) is 17.7. The number of aryl methyl sites for hydroxylation is 1. The standard InChI is InChI=1S/C23H20F4N4O2/c1-30-6-5-14(12-30)21-11-28-19-4-3-16(10-20(19)29-21)31(13-22(32)23(25,26)27)17-7-15(24)8-18(9-17)33-2/h3-12,22,32H,13H2,1-2H3/t22-/m0/s1. The van der Waals surface area contributed by atoms with E-state index in [1.54, 1.807) is 24.4 Å². The second-order valence-corrected chi connectivity index (χ2v) is 7.51. The van der Waals surface area contributed by atoms with Gasteiger partial charge in [0, 0.05) is 48.5 Å². The minimum atomic E-state index is -4.85. The summed E-state index contributed by atoms with van der Waals surface area (Å²) >= 11 is 0. The molecule has 1 N–H and O–H groups in total. The number of aromatic nitrogens is 3. The number of rotatable bonds is 6. The molecule has 0 radical (unpaired) electrons. The van der Waals surface area contributed by atoms with Crippen molar-refractivity contribution >= 4 is 22.4 Å². The third kappa shape index (κ3) is 4.90. The van der Waals surface area contributed by atoms with Gasteiger partial charge in [0.15, 0.2) is 6.10 Å². The van der Waals surface area contributed by atoms with Crippen LogP contribution < -0.4 is 9.64 Å². The number of anilines is 2. The van der Waals surface area contributed by atoms with Crippen LogP contribution in [0.3, 0.4) is 0 Å². The molecule has 6 nitrogen and oxygen atoms in total. The molecule has 172 valence electrons. The summed E-state index contributed by atoms with van der Waals surface area (Å²) in [5.74, 6) is -0.564. The van der Waals surface area contributed by atoms with Crippen molar-refractivity contribution in [2.75, 3.05) is 18.6 Å². The Morgan fingerprint density at radius 1 is 1.09 bits per heavy atom. The number of methoxy groups -OCH3 is 1. The first-order chi connectivity index (χ1) is 15.6. The van der Waals surface area contributed by atoms with Gasteiger partial charge < -0.3 is 19.3 Å². The van der Waals surface area contributed by atoms with E-state index >= 15 is 0 Å². The second-order valence-electron chi connectivity index (χ2n) is 7.51. The number of aliphatic hydroxyl groups is 1. The Morgan fingerprint density at radius 3 is 2.55 bits per heavy atom. The van der Waals surface area contributed by atoms with E-state index in [9.17, 15) is 22.7 Å². The number of fused-ring (bicyclic) bond motifs is 1. The van der Waals surface area contributed by atoms with Crippen molar-refractivity contribution in [2.24, 2.45) is 7.05 Å². The van der Waals surface area contributed by atoms with Gasteiger partial charge >= 0.3 is 6.18 Å². The molecule has 0 spiro atoms. The van der Waals surface area contributed by atoms with E-state index in [0.29, 0.717) is 16.7 Å². The van der Waals surface area contributed by atoms with Crippen molar-refractivity contribution in [1.29, 1.82) is 0 Å². The van der Waals surface area contributed by atoms with Gasteiger partial charge in [-0.2, -0.15) is 13.2 Å². The molecule has 0 unspecified atom stereocenters. The smallest absolute Gasteiger partial charge is 0.416 e. The van der Waals surface area contributed by atoms with Gasteiger partial charge in [0.2, 0.25) is 0 Å². The predicted octanol–water partition coefficient (Wildman–Crippen LogP) is 4.84. The van der Waals surface area contributed by atoms with Gasteiger partial charge in [-0.25, -0.2) is 9.37 Å². The van der Waals surface area contributed by atoms with Crippen LogP contribution in [0.1, 0.15) is 0 Å². The van der Waals surface area contributed by atoms with E-state index < -0.39 is 24.6 Å². The van der Waals surface area contributed by atoms with Gasteiger partial charge in [0.05, 0.1) is 36.6 Å². The highest BCUT2D eigenvalue weighted by Gasteiger charge is 2.39. The van der Waals surface area contributed by atoms with Gasteiger partial charge in [-0.1, -0.05) is 0 Å². The molecule has 0 aliphatic carbocycles. The highest BCUT2D eigenvalue weighted by molar-refractivity contribution is 5.82. The normalized spacial score (nSPS) is 12.7. The Kier molecular flexibility index (Phi) is 5.94. The van der Waals surface area contributed by atoms with Crippen LogP contribution in [0.25, 0.3) is 22.3 Å². The first-order valence-corrected chi connectivity index (χ1v) is 9.90. The number of hydrogen-bond donors (Lipinski definition) is 1. The highest BCUT2D eigenvalue weighted by Crippen LogP contribution is 2.33. The maximum atomic E-state index is 14.1. The van der Waals surface area contributed by atoms with Gasteiger partial charge in [-0.15, -0.1) is 0 Å². The third-order valence-corrected chi connectivity index (χ3v) is 5.10. The molecular formula is C23H20F4N4O2. The van der Waals surface area contributed by atoms with Crippen LogP contribution in [0.15, 0.2) is 61.1 Å². The van der Waals surface area contributed by atoms with Crippen LogP contribution in [-0.4, -0.2) is 45.6 Å². The van der Waals surface area contributed by atoms with Crippen molar-refractivity contribution in [3.63, 3.8) is 0 Å². The summed E-state index contributed by atoms with van der Waals surface area (Å²) in [6, 6.07) is 10.1. The largest absolute Gasteiger partial charge is 0.497 e. The Hall–Kier alpha value is -3.66. The molecule has 10 heteroatoms. The highest BCUT2D eigenvalue weighted by atomic mass is 19.4. The van der Waals surface area contributed by atoms with E-state index in [-0.39, 0.29) is 17.1 Å². The Morgan fingerprint density at radius 2 is 1.88 bits per heavy atom. The average Bonchev–Trinajstić information content (AvgIpc) is 3.21. The maximum absolute atomic E-state index is 14.1. The molecule has 0 saturated carbocycles. The number of halogens is 4. The lowest BCUT2D eigenvalue weighted by atomic mass is 10.1. The van der Waals surface area contributed by atoms with Crippen molar-refractivity contribution in [2.45, 2.75) is 12.3 Å².